The average molecular weight is 522 g/mol. The van der Waals surface area contributed by atoms with Gasteiger partial charge in [0.2, 0.25) is 0 Å². The molecular weight excluding hydrogens is 486 g/mol. The largest absolute Gasteiger partial charge is 0.497 e. The zero-order chi connectivity index (χ0) is 27.3. The normalized spacial score (nSPS) is 10.7. The molecular formula is C31H36B2N2O4. The molecule has 2 N–H and O–H groups in total. The van der Waals surface area contributed by atoms with Crippen molar-refractivity contribution in [3.63, 3.8) is 0 Å². The van der Waals surface area contributed by atoms with Gasteiger partial charge in [-0.15, -0.1) is 0 Å². The van der Waals surface area contributed by atoms with Crippen molar-refractivity contribution in [2.45, 2.75) is 0 Å². The number of hydrogen-bond donors (Lipinski definition) is 2. The minimum Gasteiger partial charge on any atom is -0.497 e. The fraction of sp³-hybridized carbons (Fsp3) is 0.226. The molecule has 0 atom stereocenters. The van der Waals surface area contributed by atoms with Crippen LogP contribution in [0.25, 0.3) is 0 Å². The van der Waals surface area contributed by atoms with Crippen LogP contribution in [0.15, 0.2) is 103 Å². The Bertz CT molecular complexity index is 1240. The van der Waals surface area contributed by atoms with E-state index < -0.39 is 0 Å². The van der Waals surface area contributed by atoms with Crippen LogP contribution < -0.4 is 42.0 Å². The van der Waals surface area contributed by atoms with E-state index in [9.17, 15) is 0 Å². The van der Waals surface area contributed by atoms with Crippen molar-refractivity contribution >= 4 is 35.7 Å². The van der Waals surface area contributed by atoms with Crippen molar-refractivity contribution in [2.24, 2.45) is 0 Å². The molecule has 4 rings (SSSR count). The highest BCUT2D eigenvalue weighted by Crippen LogP contribution is 2.20. The first-order valence-electron chi connectivity index (χ1n) is 13.3. The van der Waals surface area contributed by atoms with E-state index in [4.69, 9.17) is 18.8 Å². The first-order valence-corrected chi connectivity index (χ1v) is 13.3. The molecule has 0 aliphatic rings. The van der Waals surface area contributed by atoms with Crippen LogP contribution in [0.3, 0.4) is 0 Å². The van der Waals surface area contributed by atoms with Crippen molar-refractivity contribution in [1.29, 1.82) is 0 Å². The van der Waals surface area contributed by atoms with E-state index in [-0.39, 0.29) is 13.8 Å². The second-order valence-electron chi connectivity index (χ2n) is 9.13. The summed E-state index contributed by atoms with van der Waals surface area (Å²) >= 11 is 0. The molecule has 0 unspecified atom stereocenters. The van der Waals surface area contributed by atoms with Crippen LogP contribution in [0, 0.1) is 0 Å². The molecule has 0 saturated carbocycles. The monoisotopic (exact) mass is 522 g/mol. The van der Waals surface area contributed by atoms with E-state index >= 15 is 0 Å². The minimum absolute atomic E-state index is 0.134. The summed E-state index contributed by atoms with van der Waals surface area (Å²) in [6.07, 6.45) is 0. The topological polar surface area (TPSA) is 61.0 Å². The predicted molar refractivity (Wildman–Crippen MR) is 162 cm³/mol. The highest BCUT2D eigenvalue weighted by Gasteiger charge is 2.22. The molecule has 0 aliphatic heterocycles. The Kier molecular flexibility index (Phi) is 11.1. The van der Waals surface area contributed by atoms with Crippen LogP contribution in [-0.2, 0) is 9.31 Å². The van der Waals surface area contributed by atoms with Gasteiger partial charge in [0.1, 0.15) is 17.2 Å². The van der Waals surface area contributed by atoms with Gasteiger partial charge in [-0.1, -0.05) is 66.7 Å². The summed E-state index contributed by atoms with van der Waals surface area (Å²) in [5.41, 5.74) is 4.34. The van der Waals surface area contributed by atoms with Crippen LogP contribution in [-0.4, -0.2) is 61.3 Å². The Hall–Kier alpha value is -3.55. The number of ether oxygens (including phenoxy) is 2. The molecule has 4 aromatic carbocycles. The quantitative estimate of drug-likeness (QED) is 0.185. The summed E-state index contributed by atoms with van der Waals surface area (Å²) < 4.78 is 23.9. The number of methoxy groups -OCH3 is 1. The van der Waals surface area contributed by atoms with Gasteiger partial charge in [-0.25, -0.2) is 0 Å². The molecule has 0 aliphatic carbocycles. The van der Waals surface area contributed by atoms with Gasteiger partial charge in [0.15, 0.2) is 0 Å². The molecule has 0 fully saturated rings. The number of likely N-dealkylation sites (N-methyl/N-ethyl adjacent to an activating group) is 2. The summed E-state index contributed by atoms with van der Waals surface area (Å²) in [4.78, 5) is 0. The molecule has 39 heavy (non-hydrogen) atoms. The lowest BCUT2D eigenvalue weighted by Crippen LogP contribution is -2.46. The van der Waals surface area contributed by atoms with Gasteiger partial charge in [-0.2, -0.15) is 0 Å². The summed E-state index contributed by atoms with van der Waals surface area (Å²) in [6, 6.07) is 34.5. The third kappa shape index (κ3) is 8.22. The van der Waals surface area contributed by atoms with Crippen LogP contribution in [0.1, 0.15) is 0 Å². The molecule has 0 saturated heterocycles. The van der Waals surface area contributed by atoms with E-state index in [1.165, 1.54) is 0 Å². The third-order valence-electron chi connectivity index (χ3n) is 6.40. The molecule has 8 heteroatoms. The van der Waals surface area contributed by atoms with Crippen LogP contribution in [0.5, 0.6) is 17.2 Å². The lowest BCUT2D eigenvalue weighted by atomic mass is 9.55. The summed E-state index contributed by atoms with van der Waals surface area (Å²) in [5, 5.41) is 6.28. The van der Waals surface area contributed by atoms with E-state index in [2.05, 4.69) is 47.0 Å². The maximum absolute atomic E-state index is 6.23. The molecule has 0 spiro atoms. The van der Waals surface area contributed by atoms with Crippen molar-refractivity contribution in [2.75, 3.05) is 47.5 Å². The summed E-state index contributed by atoms with van der Waals surface area (Å²) in [5.74, 6) is 2.35. The third-order valence-corrected chi connectivity index (χ3v) is 6.40. The number of benzene rings is 4. The molecule has 0 heterocycles. The smallest absolute Gasteiger partial charge is 0.361 e. The molecule has 6 nitrogen and oxygen atoms in total. The Morgan fingerprint density at radius 2 is 0.897 bits per heavy atom. The van der Waals surface area contributed by atoms with Crippen molar-refractivity contribution in [3.8, 4) is 17.2 Å². The first-order chi connectivity index (χ1) is 19.2. The molecule has 0 aromatic heterocycles. The van der Waals surface area contributed by atoms with E-state index in [1.807, 2.05) is 80.8 Å². The average Bonchev–Trinajstić information content (AvgIpc) is 2.99. The van der Waals surface area contributed by atoms with Crippen LogP contribution in [0.4, 0.5) is 0 Å². The van der Waals surface area contributed by atoms with Crippen LogP contribution >= 0.6 is 0 Å². The van der Waals surface area contributed by atoms with Gasteiger partial charge >= 0.3 is 13.8 Å². The Labute approximate surface area is 232 Å². The van der Waals surface area contributed by atoms with Crippen molar-refractivity contribution in [3.05, 3.63) is 103 Å². The SMILES string of the molecule is CNCCOB(c1ccccc1)c1ccc(Oc2ccc(B(OCCNC)c3ccc(OC)cc3)cc2)cc1. The zero-order valence-corrected chi connectivity index (χ0v) is 22.9. The first kappa shape index (κ1) is 28.5. The van der Waals surface area contributed by atoms with Crippen LogP contribution in [0.2, 0.25) is 0 Å². The summed E-state index contributed by atoms with van der Waals surface area (Å²) in [6.45, 7) is 2.47. The molecule has 200 valence electrons. The minimum atomic E-state index is -0.185. The molecule has 4 aromatic rings. The zero-order valence-electron chi connectivity index (χ0n) is 22.9. The Morgan fingerprint density at radius 1 is 0.513 bits per heavy atom. The lowest BCUT2D eigenvalue weighted by molar-refractivity contribution is 0.333. The van der Waals surface area contributed by atoms with E-state index in [1.54, 1.807) is 7.11 Å². The number of rotatable bonds is 15. The maximum Gasteiger partial charge on any atom is 0.361 e. The second-order valence-corrected chi connectivity index (χ2v) is 9.13. The van der Waals surface area contributed by atoms with Crippen molar-refractivity contribution < 1.29 is 18.8 Å². The standard InChI is InChI=1S/C31H36B2N2O4/c1-34-21-23-37-32(25-7-5-4-6-8-25)27-11-17-30(18-12-27)39-31-19-13-28(14-20-31)33(38-24-22-35-2)26-9-15-29(36-3)16-10-26/h4-20,34-35H,21-24H2,1-3H3. The van der Waals surface area contributed by atoms with E-state index in [0.717, 1.165) is 52.2 Å². The highest BCUT2D eigenvalue weighted by molar-refractivity contribution is 6.80. The Morgan fingerprint density at radius 3 is 1.28 bits per heavy atom. The molecule has 0 radical (unpaired) electrons. The van der Waals surface area contributed by atoms with Gasteiger partial charge in [0.05, 0.1) is 7.11 Å². The van der Waals surface area contributed by atoms with Crippen molar-refractivity contribution in [1.82, 2.24) is 10.6 Å². The van der Waals surface area contributed by atoms with Gasteiger partial charge in [0.25, 0.3) is 0 Å². The number of nitrogens with one attached hydrogen (secondary N) is 2. The summed E-state index contributed by atoms with van der Waals surface area (Å²) in [7, 11) is 5.52. The number of hydrogen-bond acceptors (Lipinski definition) is 6. The fourth-order valence-corrected chi connectivity index (χ4v) is 4.29. The molecule has 0 amide bonds. The predicted octanol–water partition coefficient (Wildman–Crippen LogP) is 2.17. The maximum atomic E-state index is 6.23. The lowest BCUT2D eigenvalue weighted by Gasteiger charge is -2.17. The Balaban J connectivity index is 1.46. The fourth-order valence-electron chi connectivity index (χ4n) is 4.29. The molecule has 0 bridgehead atoms. The van der Waals surface area contributed by atoms with Gasteiger partial charge in [-0.05, 0) is 72.3 Å². The van der Waals surface area contributed by atoms with E-state index in [0.29, 0.717) is 13.2 Å². The van der Waals surface area contributed by atoms with Gasteiger partial charge in [-0.3, -0.25) is 0 Å². The van der Waals surface area contributed by atoms with Gasteiger partial charge in [0, 0.05) is 26.3 Å². The highest BCUT2D eigenvalue weighted by atomic mass is 16.5. The van der Waals surface area contributed by atoms with Gasteiger partial charge < -0.3 is 29.4 Å². The second kappa shape index (κ2) is 15.1.